The summed E-state index contributed by atoms with van der Waals surface area (Å²) in [6.07, 6.45) is -4.25. The Kier molecular flexibility index (Phi) is 3.97. The summed E-state index contributed by atoms with van der Waals surface area (Å²) in [4.78, 5) is 0.900. The number of hydrogen-bond acceptors (Lipinski definition) is 1. The first kappa shape index (κ1) is 13.0. The summed E-state index contributed by atoms with van der Waals surface area (Å²) in [6.45, 7) is 5.81. The SMILES string of the molecule is CC.Cc1cc2cccc(C(F)(F)F)c2s1. The Labute approximate surface area is 96.7 Å². The molecule has 4 heteroatoms. The van der Waals surface area contributed by atoms with Crippen LogP contribution < -0.4 is 0 Å². The summed E-state index contributed by atoms with van der Waals surface area (Å²) < 4.78 is 37.9. The van der Waals surface area contributed by atoms with Crippen molar-refractivity contribution < 1.29 is 13.2 Å². The lowest BCUT2D eigenvalue weighted by Gasteiger charge is -2.06. The van der Waals surface area contributed by atoms with Crippen LogP contribution in [0.15, 0.2) is 24.3 Å². The Bertz CT molecular complexity index is 469. The predicted octanol–water partition coefficient (Wildman–Crippen LogP) is 5.25. The fourth-order valence-corrected chi connectivity index (χ4v) is 2.46. The molecule has 0 atom stereocenters. The van der Waals surface area contributed by atoms with Gasteiger partial charge in [0.2, 0.25) is 0 Å². The van der Waals surface area contributed by atoms with Crippen LogP contribution in [0.4, 0.5) is 13.2 Å². The zero-order chi connectivity index (χ0) is 12.3. The molecule has 1 aromatic carbocycles. The molecule has 0 spiro atoms. The zero-order valence-electron chi connectivity index (χ0n) is 9.35. The normalized spacial score (nSPS) is 11.1. The molecule has 0 nitrogen and oxygen atoms in total. The van der Waals surface area contributed by atoms with Crippen LogP contribution >= 0.6 is 11.3 Å². The molecule has 0 radical (unpaired) electrons. The maximum atomic E-state index is 12.5. The molecule has 0 aliphatic carbocycles. The maximum Gasteiger partial charge on any atom is 0.417 e. The summed E-state index contributed by atoms with van der Waals surface area (Å²) in [5.74, 6) is 0. The van der Waals surface area contributed by atoms with Gasteiger partial charge in [0.1, 0.15) is 0 Å². The first-order valence-corrected chi connectivity index (χ1v) is 5.86. The second-order valence-corrected chi connectivity index (χ2v) is 4.34. The van der Waals surface area contributed by atoms with Crippen LogP contribution in [0.25, 0.3) is 10.1 Å². The number of halogens is 3. The third-order valence-corrected chi connectivity index (χ3v) is 3.07. The van der Waals surface area contributed by atoms with E-state index in [2.05, 4.69) is 0 Å². The molecule has 2 aromatic rings. The highest BCUT2D eigenvalue weighted by molar-refractivity contribution is 7.19. The molecule has 0 N–H and O–H groups in total. The van der Waals surface area contributed by atoms with Gasteiger partial charge in [0.25, 0.3) is 0 Å². The van der Waals surface area contributed by atoms with Crippen molar-refractivity contribution in [3.63, 3.8) is 0 Å². The molecule has 0 bridgehead atoms. The third kappa shape index (κ3) is 2.55. The van der Waals surface area contributed by atoms with Crippen molar-refractivity contribution in [3.05, 3.63) is 34.7 Å². The average molecular weight is 246 g/mol. The van der Waals surface area contributed by atoms with Gasteiger partial charge in [0.05, 0.1) is 5.56 Å². The molecule has 0 aliphatic heterocycles. The summed E-state index contributed by atoms with van der Waals surface area (Å²) in [5, 5.41) is 0.669. The van der Waals surface area contributed by atoms with Gasteiger partial charge in [-0.1, -0.05) is 26.0 Å². The largest absolute Gasteiger partial charge is 0.417 e. The van der Waals surface area contributed by atoms with Crippen molar-refractivity contribution in [2.24, 2.45) is 0 Å². The van der Waals surface area contributed by atoms with Crippen LogP contribution in [0.1, 0.15) is 24.3 Å². The Morgan fingerprint density at radius 1 is 1.12 bits per heavy atom. The highest BCUT2D eigenvalue weighted by Gasteiger charge is 2.32. The van der Waals surface area contributed by atoms with Gasteiger partial charge >= 0.3 is 6.18 Å². The van der Waals surface area contributed by atoms with E-state index in [0.717, 1.165) is 10.9 Å². The number of rotatable bonds is 0. The van der Waals surface area contributed by atoms with Crippen molar-refractivity contribution in [2.45, 2.75) is 26.9 Å². The van der Waals surface area contributed by atoms with E-state index < -0.39 is 11.7 Å². The fourth-order valence-electron chi connectivity index (χ4n) is 1.42. The Morgan fingerprint density at radius 3 is 2.31 bits per heavy atom. The molecule has 0 fully saturated rings. The minimum atomic E-state index is -4.25. The number of fused-ring (bicyclic) bond motifs is 1. The van der Waals surface area contributed by atoms with E-state index in [1.807, 2.05) is 20.8 Å². The molecule has 16 heavy (non-hydrogen) atoms. The topological polar surface area (TPSA) is 0 Å². The zero-order valence-corrected chi connectivity index (χ0v) is 10.2. The first-order chi connectivity index (χ1) is 7.48. The quantitative estimate of drug-likeness (QED) is 0.595. The van der Waals surface area contributed by atoms with Gasteiger partial charge in [-0.15, -0.1) is 11.3 Å². The lowest BCUT2D eigenvalue weighted by Crippen LogP contribution is -2.04. The molecule has 1 heterocycles. The summed E-state index contributed by atoms with van der Waals surface area (Å²) in [7, 11) is 0. The Hall–Kier alpha value is -1.03. The van der Waals surface area contributed by atoms with E-state index in [9.17, 15) is 13.2 Å². The second kappa shape index (κ2) is 4.87. The first-order valence-electron chi connectivity index (χ1n) is 5.05. The van der Waals surface area contributed by atoms with Crippen LogP contribution in [0.3, 0.4) is 0 Å². The standard InChI is InChI=1S/C10H7F3S.C2H6/c1-6-5-7-3-2-4-8(9(7)14-6)10(11,12)13;1-2/h2-5H,1H3;1-2H3. The van der Waals surface area contributed by atoms with Gasteiger partial charge in [0.15, 0.2) is 0 Å². The molecule has 0 amide bonds. The van der Waals surface area contributed by atoms with E-state index in [-0.39, 0.29) is 0 Å². The second-order valence-electron chi connectivity index (χ2n) is 3.08. The highest BCUT2D eigenvalue weighted by atomic mass is 32.1. The monoisotopic (exact) mass is 246 g/mol. The molecular formula is C12H13F3S. The van der Waals surface area contributed by atoms with Crippen LogP contribution in [0, 0.1) is 6.92 Å². The van der Waals surface area contributed by atoms with Crippen LogP contribution in [0.5, 0.6) is 0 Å². The smallest absolute Gasteiger partial charge is 0.166 e. The van der Waals surface area contributed by atoms with Gasteiger partial charge in [-0.05, 0) is 24.4 Å². The van der Waals surface area contributed by atoms with E-state index in [1.165, 1.54) is 17.4 Å². The molecule has 0 saturated carbocycles. The van der Waals surface area contributed by atoms with Crippen molar-refractivity contribution in [1.29, 1.82) is 0 Å². The van der Waals surface area contributed by atoms with Gasteiger partial charge in [-0.25, -0.2) is 0 Å². The van der Waals surface area contributed by atoms with Crippen LogP contribution in [-0.2, 0) is 6.18 Å². The lowest BCUT2D eigenvalue weighted by molar-refractivity contribution is -0.136. The third-order valence-electron chi connectivity index (χ3n) is 1.97. The minimum Gasteiger partial charge on any atom is -0.166 e. The summed E-state index contributed by atoms with van der Waals surface area (Å²) >= 11 is 1.19. The van der Waals surface area contributed by atoms with Crippen LogP contribution in [-0.4, -0.2) is 0 Å². The number of thiophene rings is 1. The highest BCUT2D eigenvalue weighted by Crippen LogP contribution is 2.38. The van der Waals surface area contributed by atoms with Crippen molar-refractivity contribution in [1.82, 2.24) is 0 Å². The molecule has 0 unspecified atom stereocenters. The average Bonchev–Trinajstić information content (AvgIpc) is 2.58. The van der Waals surface area contributed by atoms with Crippen molar-refractivity contribution in [3.8, 4) is 0 Å². The van der Waals surface area contributed by atoms with Crippen LogP contribution in [0.2, 0.25) is 0 Å². The van der Waals surface area contributed by atoms with Gasteiger partial charge in [-0.3, -0.25) is 0 Å². The molecule has 0 aliphatic rings. The molecule has 0 saturated heterocycles. The number of hydrogen-bond donors (Lipinski definition) is 0. The number of benzene rings is 1. The Morgan fingerprint density at radius 2 is 1.75 bits per heavy atom. The van der Waals surface area contributed by atoms with Gasteiger partial charge in [-0.2, -0.15) is 13.2 Å². The fraction of sp³-hybridized carbons (Fsp3) is 0.333. The van der Waals surface area contributed by atoms with Gasteiger partial charge < -0.3 is 0 Å². The van der Waals surface area contributed by atoms with E-state index in [4.69, 9.17) is 0 Å². The number of alkyl halides is 3. The molecule has 88 valence electrons. The van der Waals surface area contributed by atoms with E-state index >= 15 is 0 Å². The lowest BCUT2D eigenvalue weighted by atomic mass is 10.1. The predicted molar refractivity (Wildman–Crippen MR) is 62.9 cm³/mol. The summed E-state index contributed by atoms with van der Waals surface area (Å²) in [6, 6.07) is 6.04. The van der Waals surface area contributed by atoms with Gasteiger partial charge in [0, 0.05) is 9.58 Å². The molecular weight excluding hydrogens is 233 g/mol. The molecule has 1 aromatic heterocycles. The Balaban J connectivity index is 0.000000606. The maximum absolute atomic E-state index is 12.5. The minimum absolute atomic E-state index is 0.331. The van der Waals surface area contributed by atoms with E-state index in [0.29, 0.717) is 10.1 Å². The number of aryl methyl sites for hydroxylation is 1. The summed E-state index contributed by atoms with van der Waals surface area (Å²) in [5.41, 5.74) is -0.534. The molecule has 2 rings (SSSR count). The van der Waals surface area contributed by atoms with Crippen molar-refractivity contribution >= 4 is 21.4 Å². The van der Waals surface area contributed by atoms with Crippen molar-refractivity contribution in [2.75, 3.05) is 0 Å². The van der Waals surface area contributed by atoms with E-state index in [1.54, 1.807) is 12.1 Å².